The van der Waals surface area contributed by atoms with E-state index in [2.05, 4.69) is 5.32 Å². The highest BCUT2D eigenvalue weighted by molar-refractivity contribution is 7.83. The van der Waals surface area contributed by atoms with Crippen LogP contribution in [-0.4, -0.2) is 33.0 Å². The Morgan fingerprint density at radius 1 is 1.48 bits per heavy atom. The lowest BCUT2D eigenvalue weighted by Crippen LogP contribution is -2.59. The zero-order valence-electron chi connectivity index (χ0n) is 11.6. The molecule has 4 nitrogen and oxygen atoms in total. The molecular formula is C14H17F2NO3S. The Morgan fingerprint density at radius 2 is 2.14 bits per heavy atom. The Kier molecular flexibility index (Phi) is 4.43. The Balaban J connectivity index is 2.10. The van der Waals surface area contributed by atoms with Gasteiger partial charge < -0.3 is 10.4 Å². The minimum Gasteiger partial charge on any atom is -0.383 e. The summed E-state index contributed by atoms with van der Waals surface area (Å²) in [5, 5.41) is 11.8. The van der Waals surface area contributed by atoms with Crippen LogP contribution in [0.4, 0.5) is 14.5 Å². The molecule has 0 aromatic heterocycles. The van der Waals surface area contributed by atoms with Crippen LogP contribution in [0.2, 0.25) is 0 Å². The highest BCUT2D eigenvalue weighted by Crippen LogP contribution is 2.44. The zero-order chi connectivity index (χ0) is 15.7. The van der Waals surface area contributed by atoms with E-state index in [1.807, 2.05) is 0 Å². The number of anilines is 1. The molecule has 1 atom stereocenters. The Labute approximate surface area is 124 Å². The second kappa shape index (κ2) is 5.81. The first-order valence-corrected chi connectivity index (χ1v) is 8.28. The Morgan fingerprint density at radius 3 is 2.67 bits per heavy atom. The third-order valence-electron chi connectivity index (χ3n) is 3.61. The van der Waals surface area contributed by atoms with Gasteiger partial charge in [-0.05, 0) is 37.0 Å². The standard InChI is InChI=1S/C14H17F2NO3S/c1-21(20)9-10-4-2-5-11(8-10)17-12(18)14(15,16)13(19)6-3-7-13/h2,4-5,8,19H,3,6-7,9H2,1H3,(H,17,18). The van der Waals surface area contributed by atoms with Gasteiger partial charge >= 0.3 is 5.92 Å². The second-order valence-corrected chi connectivity index (χ2v) is 6.77. The van der Waals surface area contributed by atoms with Crippen LogP contribution in [0.25, 0.3) is 0 Å². The maximum Gasteiger partial charge on any atom is 0.352 e. The van der Waals surface area contributed by atoms with Gasteiger partial charge in [-0.1, -0.05) is 12.1 Å². The molecule has 1 aromatic carbocycles. The van der Waals surface area contributed by atoms with Crippen LogP contribution in [0, 0.1) is 0 Å². The summed E-state index contributed by atoms with van der Waals surface area (Å²) in [5.41, 5.74) is -1.36. The van der Waals surface area contributed by atoms with E-state index >= 15 is 0 Å². The van der Waals surface area contributed by atoms with Crippen molar-refractivity contribution in [2.45, 2.75) is 36.5 Å². The van der Waals surface area contributed by atoms with Crippen molar-refractivity contribution in [2.75, 3.05) is 11.6 Å². The predicted octanol–water partition coefficient (Wildman–Crippen LogP) is 2.05. The Hall–Kier alpha value is -1.34. The molecule has 0 aliphatic heterocycles. The quantitative estimate of drug-likeness (QED) is 0.873. The van der Waals surface area contributed by atoms with E-state index in [0.717, 1.165) is 0 Å². The van der Waals surface area contributed by atoms with Crippen molar-refractivity contribution in [2.24, 2.45) is 0 Å². The van der Waals surface area contributed by atoms with Crippen molar-refractivity contribution in [1.29, 1.82) is 0 Å². The molecule has 1 aliphatic rings. The van der Waals surface area contributed by atoms with Crippen LogP contribution in [0.1, 0.15) is 24.8 Å². The molecule has 116 valence electrons. The van der Waals surface area contributed by atoms with Crippen molar-refractivity contribution in [3.63, 3.8) is 0 Å². The number of benzene rings is 1. The maximum absolute atomic E-state index is 13.9. The first-order valence-electron chi connectivity index (χ1n) is 6.55. The minimum atomic E-state index is -3.82. The fourth-order valence-corrected chi connectivity index (χ4v) is 2.87. The average Bonchev–Trinajstić information content (AvgIpc) is 2.35. The molecule has 0 saturated heterocycles. The normalized spacial score (nSPS) is 18.7. The average molecular weight is 317 g/mol. The molecular weight excluding hydrogens is 300 g/mol. The monoisotopic (exact) mass is 317 g/mol. The second-order valence-electron chi connectivity index (χ2n) is 5.33. The number of hydrogen-bond donors (Lipinski definition) is 2. The highest BCUT2D eigenvalue weighted by Gasteiger charge is 2.61. The largest absolute Gasteiger partial charge is 0.383 e. The van der Waals surface area contributed by atoms with Crippen LogP contribution < -0.4 is 5.32 Å². The molecule has 1 aromatic rings. The molecule has 1 amide bonds. The molecule has 0 bridgehead atoms. The molecule has 1 unspecified atom stereocenters. The number of amides is 1. The first-order chi connectivity index (χ1) is 9.74. The van der Waals surface area contributed by atoms with E-state index in [9.17, 15) is 22.9 Å². The molecule has 0 heterocycles. The molecule has 1 fully saturated rings. The topological polar surface area (TPSA) is 66.4 Å². The molecule has 1 saturated carbocycles. The predicted molar refractivity (Wildman–Crippen MR) is 76.6 cm³/mol. The minimum absolute atomic E-state index is 0.0811. The van der Waals surface area contributed by atoms with Crippen LogP contribution in [0.5, 0.6) is 0 Å². The van der Waals surface area contributed by atoms with E-state index in [-0.39, 0.29) is 24.3 Å². The fraction of sp³-hybridized carbons (Fsp3) is 0.500. The van der Waals surface area contributed by atoms with E-state index in [0.29, 0.717) is 12.0 Å². The van der Waals surface area contributed by atoms with Crippen LogP contribution in [0.15, 0.2) is 24.3 Å². The van der Waals surface area contributed by atoms with Gasteiger partial charge in [0, 0.05) is 28.5 Å². The van der Waals surface area contributed by atoms with Gasteiger partial charge in [-0.15, -0.1) is 0 Å². The lowest BCUT2D eigenvalue weighted by molar-refractivity contribution is -0.212. The van der Waals surface area contributed by atoms with Crippen LogP contribution >= 0.6 is 0 Å². The van der Waals surface area contributed by atoms with Crippen LogP contribution in [-0.2, 0) is 21.3 Å². The summed E-state index contributed by atoms with van der Waals surface area (Å²) in [6, 6.07) is 6.27. The SMILES string of the molecule is CS(=O)Cc1cccc(NC(=O)C(F)(F)C2(O)CCC2)c1. The van der Waals surface area contributed by atoms with Gasteiger partial charge in [0.25, 0.3) is 5.91 Å². The summed E-state index contributed by atoms with van der Waals surface area (Å²) >= 11 is 0. The lowest BCUT2D eigenvalue weighted by atomic mass is 9.75. The first kappa shape index (κ1) is 16.0. The van der Waals surface area contributed by atoms with Crippen molar-refractivity contribution in [3.8, 4) is 0 Å². The molecule has 0 spiro atoms. The number of carbonyl (C=O) groups is 1. The molecule has 1 aliphatic carbocycles. The number of halogens is 2. The van der Waals surface area contributed by atoms with Crippen molar-refractivity contribution in [3.05, 3.63) is 29.8 Å². The third-order valence-corrected chi connectivity index (χ3v) is 4.34. The van der Waals surface area contributed by atoms with E-state index in [1.54, 1.807) is 12.1 Å². The maximum atomic E-state index is 13.9. The van der Waals surface area contributed by atoms with E-state index in [4.69, 9.17) is 0 Å². The van der Waals surface area contributed by atoms with E-state index < -0.39 is 28.2 Å². The van der Waals surface area contributed by atoms with Crippen molar-refractivity contribution < 1.29 is 22.9 Å². The third kappa shape index (κ3) is 3.29. The summed E-state index contributed by atoms with van der Waals surface area (Å²) in [7, 11) is -1.06. The Bertz CT molecular complexity index is 573. The number of hydrogen-bond acceptors (Lipinski definition) is 3. The molecule has 21 heavy (non-hydrogen) atoms. The molecule has 2 rings (SSSR count). The van der Waals surface area contributed by atoms with E-state index in [1.165, 1.54) is 18.4 Å². The fourth-order valence-electron chi connectivity index (χ4n) is 2.22. The summed E-state index contributed by atoms with van der Waals surface area (Å²) in [5.74, 6) is -5.06. The van der Waals surface area contributed by atoms with Gasteiger partial charge in [-0.25, -0.2) is 0 Å². The number of alkyl halides is 2. The summed E-state index contributed by atoms with van der Waals surface area (Å²) in [4.78, 5) is 11.7. The smallest absolute Gasteiger partial charge is 0.352 e. The number of rotatable bonds is 5. The number of aliphatic hydroxyl groups is 1. The van der Waals surface area contributed by atoms with Gasteiger partial charge in [0.2, 0.25) is 0 Å². The van der Waals surface area contributed by atoms with Gasteiger partial charge in [-0.2, -0.15) is 8.78 Å². The molecule has 7 heteroatoms. The summed E-state index contributed by atoms with van der Waals surface area (Å²) in [6.45, 7) is 0. The van der Waals surface area contributed by atoms with Gasteiger partial charge in [0.1, 0.15) is 5.60 Å². The van der Waals surface area contributed by atoms with Gasteiger partial charge in [-0.3, -0.25) is 9.00 Å². The lowest BCUT2D eigenvalue weighted by Gasteiger charge is -2.41. The van der Waals surface area contributed by atoms with Gasteiger partial charge in [0.15, 0.2) is 0 Å². The van der Waals surface area contributed by atoms with Crippen molar-refractivity contribution >= 4 is 22.4 Å². The van der Waals surface area contributed by atoms with Gasteiger partial charge in [0.05, 0.1) is 0 Å². The number of carbonyl (C=O) groups excluding carboxylic acids is 1. The zero-order valence-corrected chi connectivity index (χ0v) is 12.4. The summed E-state index contributed by atoms with van der Waals surface area (Å²) in [6.07, 6.45) is 1.85. The van der Waals surface area contributed by atoms with Crippen LogP contribution in [0.3, 0.4) is 0 Å². The highest BCUT2D eigenvalue weighted by atomic mass is 32.2. The summed E-state index contributed by atoms with van der Waals surface area (Å²) < 4.78 is 39.0. The molecule has 2 N–H and O–H groups in total. The van der Waals surface area contributed by atoms with Crippen molar-refractivity contribution in [1.82, 2.24) is 0 Å². The molecule has 0 radical (unpaired) electrons. The number of nitrogens with one attached hydrogen (secondary N) is 1.